The van der Waals surface area contributed by atoms with Gasteiger partial charge in [-0.3, -0.25) is 23.9 Å². The van der Waals surface area contributed by atoms with E-state index < -0.39 is 73.3 Å². The van der Waals surface area contributed by atoms with E-state index >= 15 is 0 Å². The number of β-amino-alcohol motifs (C(OH)–C–C–N with tert-alkyl or cyclic N) is 1. The number of likely N-dealkylation sites (tertiary alicyclic amines) is 1. The van der Waals surface area contributed by atoms with E-state index in [0.29, 0.717) is 25.9 Å². The van der Waals surface area contributed by atoms with Gasteiger partial charge in [0.25, 0.3) is 0 Å². The number of Topliss-reactive ketones (excluding diaryl/α,β-unsaturated/α-hetero) is 1. The fraction of sp³-hybridized carbons (Fsp3) is 0.750. The molecule has 2 amide bonds. The lowest BCUT2D eigenvalue weighted by molar-refractivity contribution is -0.160. The number of allylic oxidation sites excluding steroid dienone is 1. The third kappa shape index (κ3) is 8.37. The summed E-state index contributed by atoms with van der Waals surface area (Å²) in [4.78, 5) is 55.5. The Morgan fingerprint density at radius 1 is 1.16 bits per heavy atom. The van der Waals surface area contributed by atoms with Crippen LogP contribution in [-0.4, -0.2) is 83.7 Å². The molecule has 11 nitrogen and oxygen atoms in total. The quantitative estimate of drug-likeness (QED) is 0.192. The van der Waals surface area contributed by atoms with Gasteiger partial charge in [0.2, 0.25) is 21.8 Å². The van der Waals surface area contributed by atoms with Crippen LogP contribution in [0.2, 0.25) is 0 Å². The van der Waals surface area contributed by atoms with Gasteiger partial charge in [-0.05, 0) is 72.1 Å². The fourth-order valence-corrected chi connectivity index (χ4v) is 7.40. The van der Waals surface area contributed by atoms with Gasteiger partial charge in [-0.15, -0.1) is 13.2 Å². The molecule has 3 aliphatic rings. The number of aliphatic hydroxyl groups is 1. The molecule has 2 N–H and O–H groups in total. The Bertz CT molecular complexity index is 1250. The van der Waals surface area contributed by atoms with Gasteiger partial charge in [-0.1, -0.05) is 19.1 Å². The summed E-state index contributed by atoms with van der Waals surface area (Å²) in [6, 6.07) is -1.03. The predicted molar refractivity (Wildman–Crippen MR) is 165 cm³/mol. The zero-order valence-electron chi connectivity index (χ0n) is 27.0. The van der Waals surface area contributed by atoms with Crippen LogP contribution in [0.25, 0.3) is 0 Å². The summed E-state index contributed by atoms with van der Waals surface area (Å²) in [5.41, 5.74) is -2.05. The lowest BCUT2D eigenvalue weighted by Gasteiger charge is -2.32. The highest BCUT2D eigenvalue weighted by atomic mass is 32.2. The van der Waals surface area contributed by atoms with Crippen LogP contribution in [0.15, 0.2) is 25.3 Å². The maximum absolute atomic E-state index is 14.1. The number of amides is 2. The summed E-state index contributed by atoms with van der Waals surface area (Å²) in [5.74, 6) is -3.82. The highest BCUT2D eigenvalue weighted by molar-refractivity contribution is 7.91. The molecule has 0 radical (unpaired) electrons. The number of carbonyl (C=O) groups excluding carboxylic acids is 4. The highest BCUT2D eigenvalue weighted by Crippen LogP contribution is 2.57. The summed E-state index contributed by atoms with van der Waals surface area (Å²) >= 11 is 0. The number of ether oxygens (including phenoxy) is 2. The number of nitrogens with one attached hydrogen (secondary N) is 1. The zero-order chi connectivity index (χ0) is 33.3. The molecule has 248 valence electrons. The van der Waals surface area contributed by atoms with Crippen LogP contribution in [-0.2, 0) is 38.7 Å². The zero-order valence-corrected chi connectivity index (χ0v) is 27.8. The summed E-state index contributed by atoms with van der Waals surface area (Å²) in [5, 5.41) is 10.6. The number of ketones is 1. The second-order valence-electron chi connectivity index (χ2n) is 14.2. The smallest absolute Gasteiger partial charge is 0.307 e. The first-order valence-electron chi connectivity index (χ1n) is 15.4. The van der Waals surface area contributed by atoms with Crippen LogP contribution in [0, 0.1) is 23.2 Å². The third-order valence-corrected chi connectivity index (χ3v) is 11.3. The van der Waals surface area contributed by atoms with E-state index in [1.807, 2.05) is 13.8 Å². The Labute approximate surface area is 261 Å². The summed E-state index contributed by atoms with van der Waals surface area (Å²) in [7, 11) is -3.92. The average molecular weight is 639 g/mol. The van der Waals surface area contributed by atoms with Crippen LogP contribution in [0.1, 0.15) is 86.5 Å². The molecule has 0 aromatic rings. The van der Waals surface area contributed by atoms with E-state index in [0.717, 1.165) is 0 Å². The molecule has 0 spiro atoms. The van der Waals surface area contributed by atoms with Crippen molar-refractivity contribution < 1.29 is 42.2 Å². The van der Waals surface area contributed by atoms with Gasteiger partial charge in [-0.2, -0.15) is 0 Å². The van der Waals surface area contributed by atoms with Gasteiger partial charge < -0.3 is 19.5 Å². The molecule has 1 heterocycles. The molecule has 3 fully saturated rings. The maximum atomic E-state index is 14.1. The third-order valence-electron chi connectivity index (χ3n) is 9.14. The van der Waals surface area contributed by atoms with Gasteiger partial charge in [0.1, 0.15) is 5.60 Å². The molecule has 0 bridgehead atoms. The maximum Gasteiger partial charge on any atom is 0.307 e. The van der Waals surface area contributed by atoms with Crippen molar-refractivity contribution in [2.75, 3.05) is 13.2 Å². The van der Waals surface area contributed by atoms with Crippen LogP contribution in [0.4, 0.5) is 0 Å². The van der Waals surface area contributed by atoms with Crippen LogP contribution in [0.5, 0.6) is 0 Å². The molecular formula is C32H50N2O9S. The van der Waals surface area contributed by atoms with Crippen LogP contribution < -0.4 is 4.72 Å². The molecule has 1 aliphatic heterocycles. The Hall–Kier alpha value is -2.57. The first-order valence-corrected chi connectivity index (χ1v) is 16.9. The summed E-state index contributed by atoms with van der Waals surface area (Å²) < 4.78 is 38.0. The first-order chi connectivity index (χ1) is 20.3. The van der Waals surface area contributed by atoms with Crippen molar-refractivity contribution in [1.29, 1.82) is 0 Å². The van der Waals surface area contributed by atoms with E-state index in [9.17, 15) is 32.7 Å². The highest BCUT2D eigenvalue weighted by Gasteiger charge is 2.62. The van der Waals surface area contributed by atoms with E-state index in [1.165, 1.54) is 4.90 Å². The summed E-state index contributed by atoms with van der Waals surface area (Å²) in [6.07, 6.45) is 3.00. The molecule has 7 atom stereocenters. The van der Waals surface area contributed by atoms with Gasteiger partial charge in [0.15, 0.2) is 5.78 Å². The van der Waals surface area contributed by atoms with Crippen LogP contribution >= 0.6 is 0 Å². The normalized spacial score (nSPS) is 27.9. The Balaban J connectivity index is 1.82. The topological polar surface area (TPSA) is 156 Å². The van der Waals surface area contributed by atoms with Gasteiger partial charge >= 0.3 is 5.97 Å². The second kappa shape index (κ2) is 13.4. The van der Waals surface area contributed by atoms with Crippen molar-refractivity contribution in [2.24, 2.45) is 23.2 Å². The number of aliphatic hydroxyl groups excluding tert-OH is 1. The monoisotopic (exact) mass is 638 g/mol. The molecule has 0 aromatic carbocycles. The average Bonchev–Trinajstić information content (AvgIpc) is 3.80. The van der Waals surface area contributed by atoms with Crippen molar-refractivity contribution in [3.63, 3.8) is 0 Å². The number of sulfonamides is 1. The summed E-state index contributed by atoms with van der Waals surface area (Å²) in [6.45, 7) is 18.1. The van der Waals surface area contributed by atoms with Crippen molar-refractivity contribution in [2.45, 2.75) is 115 Å². The van der Waals surface area contributed by atoms with Crippen molar-refractivity contribution in [1.82, 2.24) is 9.62 Å². The Morgan fingerprint density at radius 3 is 2.32 bits per heavy atom. The molecular weight excluding hydrogens is 588 g/mol. The Morgan fingerprint density at radius 2 is 1.80 bits per heavy atom. The van der Waals surface area contributed by atoms with Crippen LogP contribution in [0.3, 0.4) is 0 Å². The SMILES string of the molecule is C=CCO[C@@H](C)C[C@@H](C)C(CC(=O)OC(C)(C)C)C(=O)N1C[C@H](O)C[C@H]1C(=O)C[C@]1(C(=O)NS(=O)(=O)C2(C)CC2)C[C@H]1C=C. The van der Waals surface area contributed by atoms with E-state index in [4.69, 9.17) is 9.47 Å². The van der Waals surface area contributed by atoms with Crippen molar-refractivity contribution in [3.05, 3.63) is 25.3 Å². The van der Waals surface area contributed by atoms with Gasteiger partial charge in [0, 0.05) is 19.4 Å². The second-order valence-corrected chi connectivity index (χ2v) is 16.4. The van der Waals surface area contributed by atoms with Crippen molar-refractivity contribution in [3.8, 4) is 0 Å². The lowest BCUT2D eigenvalue weighted by Crippen LogP contribution is -2.48. The minimum atomic E-state index is -3.92. The fourth-order valence-electron chi connectivity index (χ4n) is 6.07. The largest absolute Gasteiger partial charge is 0.460 e. The van der Waals surface area contributed by atoms with E-state index in [1.54, 1.807) is 39.8 Å². The lowest BCUT2D eigenvalue weighted by atomic mass is 9.85. The van der Waals surface area contributed by atoms with E-state index in [-0.39, 0.29) is 44.2 Å². The van der Waals surface area contributed by atoms with Gasteiger partial charge in [0.05, 0.1) is 47.4 Å². The molecule has 1 unspecified atom stereocenters. The van der Waals surface area contributed by atoms with Gasteiger partial charge in [-0.25, -0.2) is 8.42 Å². The molecule has 0 aromatic heterocycles. The number of hydrogen-bond acceptors (Lipinski definition) is 9. The van der Waals surface area contributed by atoms with Crippen molar-refractivity contribution >= 4 is 33.6 Å². The standard InChI is InChI=1S/C32H50N2O9S/c1-9-13-42-21(4)14-20(3)24(16-27(37)43-30(5,6)7)28(38)34-19-23(35)15-25(34)26(36)18-32(17-22(32)10-2)29(39)33-44(40,41)31(8)11-12-31/h9-10,20-25,35H,1-2,11-19H2,3-8H3,(H,33,39)/t20-,21+,22-,23-,24?,25+,32-/m1/s1. The molecule has 3 rings (SSSR count). The number of rotatable bonds is 16. The molecule has 44 heavy (non-hydrogen) atoms. The molecule has 2 aliphatic carbocycles. The molecule has 12 heteroatoms. The predicted octanol–water partition coefficient (Wildman–Crippen LogP) is 3.06. The minimum Gasteiger partial charge on any atom is -0.460 e. The Kier molecular flexibility index (Phi) is 11.0. The van der Waals surface area contributed by atoms with E-state index in [2.05, 4.69) is 17.9 Å². The molecule has 1 saturated heterocycles. The number of esters is 1. The first kappa shape index (κ1) is 35.9. The molecule has 2 saturated carbocycles. The number of hydrogen-bond donors (Lipinski definition) is 2. The number of carbonyl (C=O) groups is 4. The number of nitrogens with zero attached hydrogens (tertiary/aromatic N) is 1. The minimum absolute atomic E-state index is 0.0240.